The fourth-order valence-corrected chi connectivity index (χ4v) is 2.02. The first-order valence-corrected chi connectivity index (χ1v) is 5.03. The van der Waals surface area contributed by atoms with Gasteiger partial charge in [-0.2, -0.15) is 0 Å². The van der Waals surface area contributed by atoms with Gasteiger partial charge in [0.1, 0.15) is 0 Å². The molecular formula is C11H13ClO. The van der Waals surface area contributed by atoms with E-state index in [-0.39, 0.29) is 11.5 Å². The van der Waals surface area contributed by atoms with Crippen molar-refractivity contribution in [3.63, 3.8) is 0 Å². The van der Waals surface area contributed by atoms with Crippen molar-refractivity contribution in [2.75, 3.05) is 6.61 Å². The van der Waals surface area contributed by atoms with Gasteiger partial charge in [0.25, 0.3) is 0 Å². The fourth-order valence-electron chi connectivity index (χ4n) is 1.72. The standard InChI is InChI=1S/C11H13ClO/c1-8-3-2-4-9(7-8)11-10(12)5-6-13-11/h2-4,7,10-11H,5-6H2,1H3. The van der Waals surface area contributed by atoms with E-state index in [4.69, 9.17) is 16.3 Å². The molecule has 0 spiro atoms. The normalized spacial score (nSPS) is 27.8. The maximum Gasteiger partial charge on any atom is 0.0989 e. The number of rotatable bonds is 1. The number of hydrogen-bond acceptors (Lipinski definition) is 1. The van der Waals surface area contributed by atoms with Crippen LogP contribution in [0, 0.1) is 6.92 Å². The van der Waals surface area contributed by atoms with Gasteiger partial charge in [-0.1, -0.05) is 29.8 Å². The largest absolute Gasteiger partial charge is 0.372 e. The number of hydrogen-bond donors (Lipinski definition) is 0. The topological polar surface area (TPSA) is 9.23 Å². The summed E-state index contributed by atoms with van der Waals surface area (Å²) in [5.41, 5.74) is 2.47. The second-order valence-corrected chi connectivity index (χ2v) is 4.07. The zero-order valence-electron chi connectivity index (χ0n) is 7.66. The molecule has 1 aliphatic heterocycles. The van der Waals surface area contributed by atoms with E-state index in [9.17, 15) is 0 Å². The van der Waals surface area contributed by atoms with Crippen LogP contribution in [0.15, 0.2) is 24.3 Å². The number of benzene rings is 1. The highest BCUT2D eigenvalue weighted by Crippen LogP contribution is 2.33. The fraction of sp³-hybridized carbons (Fsp3) is 0.455. The van der Waals surface area contributed by atoms with Crippen molar-refractivity contribution in [2.24, 2.45) is 0 Å². The first-order chi connectivity index (χ1) is 6.27. The second kappa shape index (κ2) is 3.69. The molecule has 0 aliphatic carbocycles. The molecule has 1 nitrogen and oxygen atoms in total. The Morgan fingerprint density at radius 3 is 2.92 bits per heavy atom. The van der Waals surface area contributed by atoms with E-state index >= 15 is 0 Å². The Bertz CT molecular complexity index is 298. The summed E-state index contributed by atoms with van der Waals surface area (Å²) < 4.78 is 5.57. The number of alkyl halides is 1. The van der Waals surface area contributed by atoms with Crippen molar-refractivity contribution in [1.82, 2.24) is 0 Å². The molecular weight excluding hydrogens is 184 g/mol. The van der Waals surface area contributed by atoms with Crippen LogP contribution in [0.5, 0.6) is 0 Å². The van der Waals surface area contributed by atoms with Crippen LogP contribution in [-0.4, -0.2) is 12.0 Å². The number of ether oxygens (including phenoxy) is 1. The van der Waals surface area contributed by atoms with E-state index < -0.39 is 0 Å². The summed E-state index contributed by atoms with van der Waals surface area (Å²) >= 11 is 6.14. The van der Waals surface area contributed by atoms with Gasteiger partial charge in [0.2, 0.25) is 0 Å². The SMILES string of the molecule is Cc1cccc(C2OCCC2Cl)c1. The molecule has 70 valence electrons. The first kappa shape index (κ1) is 9.04. The second-order valence-electron chi connectivity index (χ2n) is 3.51. The molecule has 2 atom stereocenters. The predicted octanol–water partition coefficient (Wildman–Crippen LogP) is 3.06. The van der Waals surface area contributed by atoms with Gasteiger partial charge < -0.3 is 4.74 Å². The molecule has 2 unspecified atom stereocenters. The summed E-state index contributed by atoms with van der Waals surface area (Å²) in [7, 11) is 0. The highest BCUT2D eigenvalue weighted by atomic mass is 35.5. The Morgan fingerprint density at radius 1 is 1.46 bits per heavy atom. The number of halogens is 1. The van der Waals surface area contributed by atoms with Gasteiger partial charge in [-0.3, -0.25) is 0 Å². The van der Waals surface area contributed by atoms with Crippen molar-refractivity contribution < 1.29 is 4.74 Å². The third-order valence-electron chi connectivity index (χ3n) is 2.39. The zero-order chi connectivity index (χ0) is 9.26. The van der Waals surface area contributed by atoms with Crippen LogP contribution >= 0.6 is 11.6 Å². The van der Waals surface area contributed by atoms with Crippen LogP contribution in [0.4, 0.5) is 0 Å². The van der Waals surface area contributed by atoms with Crippen molar-refractivity contribution in [3.05, 3.63) is 35.4 Å². The van der Waals surface area contributed by atoms with Crippen LogP contribution in [0.1, 0.15) is 23.7 Å². The monoisotopic (exact) mass is 196 g/mol. The van der Waals surface area contributed by atoms with Crippen LogP contribution in [0.3, 0.4) is 0 Å². The summed E-state index contributed by atoms with van der Waals surface area (Å²) in [5.74, 6) is 0. The van der Waals surface area contributed by atoms with E-state index in [0.717, 1.165) is 13.0 Å². The van der Waals surface area contributed by atoms with Gasteiger partial charge in [0, 0.05) is 6.61 Å². The van der Waals surface area contributed by atoms with Gasteiger partial charge in [0.05, 0.1) is 11.5 Å². The summed E-state index contributed by atoms with van der Waals surface area (Å²) in [4.78, 5) is 0. The third-order valence-corrected chi connectivity index (χ3v) is 2.84. The molecule has 0 N–H and O–H groups in total. The van der Waals surface area contributed by atoms with Crippen LogP contribution in [0.25, 0.3) is 0 Å². The molecule has 1 fully saturated rings. The lowest BCUT2D eigenvalue weighted by atomic mass is 10.0. The summed E-state index contributed by atoms with van der Waals surface area (Å²) in [6, 6.07) is 8.36. The van der Waals surface area contributed by atoms with Crippen molar-refractivity contribution in [3.8, 4) is 0 Å². The van der Waals surface area contributed by atoms with Crippen LogP contribution in [-0.2, 0) is 4.74 Å². The predicted molar refractivity (Wildman–Crippen MR) is 54.1 cm³/mol. The molecule has 0 bridgehead atoms. The van der Waals surface area contributed by atoms with E-state index in [1.165, 1.54) is 11.1 Å². The van der Waals surface area contributed by atoms with E-state index in [1.807, 2.05) is 0 Å². The molecule has 1 heterocycles. The Labute approximate surface area is 83.7 Å². The summed E-state index contributed by atoms with van der Waals surface area (Å²) in [6.07, 6.45) is 1.06. The molecule has 0 amide bonds. The van der Waals surface area contributed by atoms with E-state index in [0.29, 0.717) is 0 Å². The number of aryl methyl sites for hydroxylation is 1. The lowest BCUT2D eigenvalue weighted by Gasteiger charge is -2.13. The molecule has 0 radical (unpaired) electrons. The van der Waals surface area contributed by atoms with Crippen molar-refractivity contribution in [2.45, 2.75) is 24.8 Å². The molecule has 0 aromatic heterocycles. The Kier molecular flexibility index (Phi) is 2.56. The highest BCUT2D eigenvalue weighted by molar-refractivity contribution is 6.21. The summed E-state index contributed by atoms with van der Waals surface area (Å²) in [5, 5.41) is 0.141. The Balaban J connectivity index is 2.24. The lowest BCUT2D eigenvalue weighted by Crippen LogP contribution is -2.06. The van der Waals surface area contributed by atoms with Gasteiger partial charge in [-0.15, -0.1) is 11.6 Å². The minimum absolute atomic E-state index is 0.0987. The molecule has 13 heavy (non-hydrogen) atoms. The molecule has 2 heteroatoms. The Morgan fingerprint density at radius 2 is 2.31 bits per heavy atom. The Hall–Kier alpha value is -0.530. The molecule has 1 aromatic rings. The van der Waals surface area contributed by atoms with Crippen LogP contribution < -0.4 is 0 Å². The smallest absolute Gasteiger partial charge is 0.0989 e. The van der Waals surface area contributed by atoms with Crippen LogP contribution in [0.2, 0.25) is 0 Å². The van der Waals surface area contributed by atoms with Gasteiger partial charge in [0.15, 0.2) is 0 Å². The van der Waals surface area contributed by atoms with E-state index in [2.05, 4.69) is 31.2 Å². The van der Waals surface area contributed by atoms with Crippen molar-refractivity contribution >= 4 is 11.6 Å². The first-order valence-electron chi connectivity index (χ1n) is 4.59. The average molecular weight is 197 g/mol. The van der Waals surface area contributed by atoms with Gasteiger partial charge in [-0.05, 0) is 18.9 Å². The maximum atomic E-state index is 6.14. The van der Waals surface area contributed by atoms with Gasteiger partial charge in [-0.25, -0.2) is 0 Å². The molecule has 2 rings (SSSR count). The lowest BCUT2D eigenvalue weighted by molar-refractivity contribution is 0.113. The van der Waals surface area contributed by atoms with Crippen molar-refractivity contribution in [1.29, 1.82) is 0 Å². The zero-order valence-corrected chi connectivity index (χ0v) is 8.42. The molecule has 1 saturated heterocycles. The molecule has 1 aromatic carbocycles. The minimum Gasteiger partial charge on any atom is -0.372 e. The molecule has 0 saturated carbocycles. The van der Waals surface area contributed by atoms with E-state index in [1.54, 1.807) is 0 Å². The average Bonchev–Trinajstić information content (AvgIpc) is 2.51. The maximum absolute atomic E-state index is 6.14. The molecule has 1 aliphatic rings. The van der Waals surface area contributed by atoms with Gasteiger partial charge >= 0.3 is 0 Å². The quantitative estimate of drug-likeness (QED) is 0.628. The summed E-state index contributed by atoms with van der Waals surface area (Å²) in [6.45, 7) is 2.87. The third kappa shape index (κ3) is 1.87. The minimum atomic E-state index is 0.0987. The highest BCUT2D eigenvalue weighted by Gasteiger charge is 2.27.